The molecule has 0 aliphatic carbocycles. The summed E-state index contributed by atoms with van der Waals surface area (Å²) < 4.78 is 0. The SMILES string of the molecule is CCCC(O)c1ccc(C)nc1. The third kappa shape index (κ3) is 2.31. The van der Waals surface area contributed by atoms with Gasteiger partial charge >= 0.3 is 0 Å². The van der Waals surface area contributed by atoms with Crippen molar-refractivity contribution in [1.82, 2.24) is 4.98 Å². The van der Waals surface area contributed by atoms with Gasteiger partial charge in [-0.2, -0.15) is 0 Å². The molecule has 2 heteroatoms. The van der Waals surface area contributed by atoms with Crippen LogP contribution in [0.15, 0.2) is 18.3 Å². The number of hydrogen-bond donors (Lipinski definition) is 1. The Bertz CT molecular complexity index is 230. The van der Waals surface area contributed by atoms with Gasteiger partial charge in [-0.25, -0.2) is 0 Å². The number of aryl methyl sites for hydroxylation is 1. The summed E-state index contributed by atoms with van der Waals surface area (Å²) in [5, 5.41) is 9.57. The zero-order valence-corrected chi connectivity index (χ0v) is 7.62. The largest absolute Gasteiger partial charge is 0.388 e. The van der Waals surface area contributed by atoms with Crippen molar-refractivity contribution in [2.45, 2.75) is 32.8 Å². The Hall–Kier alpha value is -0.890. The van der Waals surface area contributed by atoms with Gasteiger partial charge in [0.05, 0.1) is 6.10 Å². The molecule has 0 aliphatic rings. The van der Waals surface area contributed by atoms with E-state index in [0.29, 0.717) is 0 Å². The summed E-state index contributed by atoms with van der Waals surface area (Å²) in [5.41, 5.74) is 1.91. The van der Waals surface area contributed by atoms with Crippen molar-refractivity contribution in [3.05, 3.63) is 29.6 Å². The third-order valence-corrected chi connectivity index (χ3v) is 1.88. The molecule has 12 heavy (non-hydrogen) atoms. The average molecular weight is 165 g/mol. The van der Waals surface area contributed by atoms with E-state index in [-0.39, 0.29) is 6.10 Å². The molecule has 0 saturated carbocycles. The predicted octanol–water partition coefficient (Wildman–Crippen LogP) is 2.22. The van der Waals surface area contributed by atoms with Crippen molar-refractivity contribution in [3.63, 3.8) is 0 Å². The van der Waals surface area contributed by atoms with Gasteiger partial charge < -0.3 is 5.11 Å². The van der Waals surface area contributed by atoms with Gasteiger partial charge in [-0.1, -0.05) is 19.4 Å². The Labute approximate surface area is 73.3 Å². The first-order chi connectivity index (χ1) is 5.74. The van der Waals surface area contributed by atoms with Gasteiger partial charge in [0.15, 0.2) is 0 Å². The van der Waals surface area contributed by atoms with E-state index < -0.39 is 0 Å². The van der Waals surface area contributed by atoms with Crippen molar-refractivity contribution >= 4 is 0 Å². The minimum atomic E-state index is -0.344. The van der Waals surface area contributed by atoms with Crippen LogP contribution in [-0.2, 0) is 0 Å². The Morgan fingerprint density at radius 3 is 2.75 bits per heavy atom. The van der Waals surface area contributed by atoms with Crippen LogP contribution in [0.1, 0.15) is 37.1 Å². The molecule has 0 aliphatic heterocycles. The summed E-state index contributed by atoms with van der Waals surface area (Å²) >= 11 is 0. The molecule has 0 spiro atoms. The number of nitrogens with zero attached hydrogens (tertiary/aromatic N) is 1. The van der Waals surface area contributed by atoms with E-state index in [1.54, 1.807) is 6.20 Å². The first-order valence-corrected chi connectivity index (χ1v) is 4.34. The van der Waals surface area contributed by atoms with E-state index in [9.17, 15) is 5.11 Å². The zero-order valence-electron chi connectivity index (χ0n) is 7.62. The number of hydrogen-bond acceptors (Lipinski definition) is 2. The van der Waals surface area contributed by atoms with Gasteiger partial charge in [0, 0.05) is 11.9 Å². The molecule has 0 saturated heterocycles. The topological polar surface area (TPSA) is 33.1 Å². The smallest absolute Gasteiger partial charge is 0.0804 e. The lowest BCUT2D eigenvalue weighted by Gasteiger charge is -2.08. The van der Waals surface area contributed by atoms with E-state index in [2.05, 4.69) is 11.9 Å². The summed E-state index contributed by atoms with van der Waals surface area (Å²) in [6.07, 6.45) is 3.21. The number of rotatable bonds is 3. The fourth-order valence-corrected chi connectivity index (χ4v) is 1.12. The van der Waals surface area contributed by atoms with Crippen LogP contribution in [0, 0.1) is 6.92 Å². The maximum absolute atomic E-state index is 9.57. The number of aliphatic hydroxyl groups excluding tert-OH is 1. The molecule has 0 bridgehead atoms. The predicted molar refractivity (Wildman–Crippen MR) is 48.8 cm³/mol. The maximum Gasteiger partial charge on any atom is 0.0804 e. The summed E-state index contributed by atoms with van der Waals surface area (Å²) in [5.74, 6) is 0. The highest BCUT2D eigenvalue weighted by Crippen LogP contribution is 2.16. The molecule has 0 aromatic carbocycles. The van der Waals surface area contributed by atoms with Gasteiger partial charge in [-0.3, -0.25) is 4.98 Å². The van der Waals surface area contributed by atoms with Gasteiger partial charge in [-0.15, -0.1) is 0 Å². The number of pyridine rings is 1. The highest BCUT2D eigenvalue weighted by molar-refractivity contribution is 5.15. The molecule has 0 fully saturated rings. The summed E-state index contributed by atoms with van der Waals surface area (Å²) in [4.78, 5) is 4.12. The molecular formula is C10H15NO. The van der Waals surface area contributed by atoms with Gasteiger partial charge in [0.1, 0.15) is 0 Å². The fraction of sp³-hybridized carbons (Fsp3) is 0.500. The van der Waals surface area contributed by atoms with Crippen LogP contribution in [0.3, 0.4) is 0 Å². The quantitative estimate of drug-likeness (QED) is 0.745. The lowest BCUT2D eigenvalue weighted by Crippen LogP contribution is -1.97. The molecule has 1 aromatic heterocycles. The van der Waals surface area contributed by atoms with Crippen molar-refractivity contribution in [1.29, 1.82) is 0 Å². The second kappa shape index (κ2) is 4.21. The van der Waals surface area contributed by atoms with E-state index in [1.165, 1.54) is 0 Å². The van der Waals surface area contributed by atoms with Crippen LogP contribution in [0.25, 0.3) is 0 Å². The van der Waals surface area contributed by atoms with Gasteiger partial charge in [0.25, 0.3) is 0 Å². The molecule has 2 nitrogen and oxygen atoms in total. The van der Waals surface area contributed by atoms with Gasteiger partial charge in [0.2, 0.25) is 0 Å². The molecule has 0 amide bonds. The summed E-state index contributed by atoms with van der Waals surface area (Å²) in [6.45, 7) is 4.00. The minimum Gasteiger partial charge on any atom is -0.388 e. The highest BCUT2D eigenvalue weighted by Gasteiger charge is 2.04. The second-order valence-electron chi connectivity index (χ2n) is 3.04. The number of aliphatic hydroxyl groups is 1. The van der Waals surface area contributed by atoms with Crippen molar-refractivity contribution < 1.29 is 5.11 Å². The Morgan fingerprint density at radius 2 is 2.25 bits per heavy atom. The third-order valence-electron chi connectivity index (χ3n) is 1.88. The molecule has 66 valence electrons. The molecule has 1 N–H and O–H groups in total. The van der Waals surface area contributed by atoms with E-state index in [4.69, 9.17) is 0 Å². The van der Waals surface area contributed by atoms with Crippen LogP contribution < -0.4 is 0 Å². The first-order valence-electron chi connectivity index (χ1n) is 4.34. The molecule has 1 rings (SSSR count). The van der Waals surface area contributed by atoms with Crippen LogP contribution in [0.2, 0.25) is 0 Å². The molecular weight excluding hydrogens is 150 g/mol. The van der Waals surface area contributed by atoms with E-state index >= 15 is 0 Å². The minimum absolute atomic E-state index is 0.344. The average Bonchev–Trinajstić information content (AvgIpc) is 2.06. The van der Waals surface area contributed by atoms with Crippen LogP contribution in [-0.4, -0.2) is 10.1 Å². The Morgan fingerprint density at radius 1 is 1.50 bits per heavy atom. The highest BCUT2D eigenvalue weighted by atomic mass is 16.3. The lowest BCUT2D eigenvalue weighted by atomic mass is 10.1. The maximum atomic E-state index is 9.57. The van der Waals surface area contributed by atoms with Crippen LogP contribution in [0.4, 0.5) is 0 Å². The molecule has 1 aromatic rings. The standard InChI is InChI=1S/C10H15NO/c1-3-4-10(12)9-6-5-8(2)11-7-9/h5-7,10,12H,3-4H2,1-2H3. The van der Waals surface area contributed by atoms with Crippen molar-refractivity contribution in [3.8, 4) is 0 Å². The van der Waals surface area contributed by atoms with Crippen LogP contribution >= 0.6 is 0 Å². The molecule has 0 radical (unpaired) electrons. The Balaban J connectivity index is 2.68. The van der Waals surface area contributed by atoms with Gasteiger partial charge in [-0.05, 0) is 25.0 Å². The van der Waals surface area contributed by atoms with E-state index in [1.807, 2.05) is 19.1 Å². The van der Waals surface area contributed by atoms with Crippen LogP contribution in [0.5, 0.6) is 0 Å². The summed E-state index contributed by atoms with van der Waals surface area (Å²) in [7, 11) is 0. The Kier molecular flexibility index (Phi) is 3.23. The monoisotopic (exact) mass is 165 g/mol. The second-order valence-corrected chi connectivity index (χ2v) is 3.04. The van der Waals surface area contributed by atoms with Crippen molar-refractivity contribution in [2.75, 3.05) is 0 Å². The fourth-order valence-electron chi connectivity index (χ4n) is 1.12. The normalized spacial score (nSPS) is 12.9. The first kappa shape index (κ1) is 9.20. The van der Waals surface area contributed by atoms with E-state index in [0.717, 1.165) is 24.1 Å². The molecule has 1 heterocycles. The lowest BCUT2D eigenvalue weighted by molar-refractivity contribution is 0.166. The molecule has 1 atom stereocenters. The molecule has 1 unspecified atom stereocenters. The zero-order chi connectivity index (χ0) is 8.97. The summed E-state index contributed by atoms with van der Waals surface area (Å²) in [6, 6.07) is 3.86. The number of aromatic nitrogens is 1. The van der Waals surface area contributed by atoms with Crippen molar-refractivity contribution in [2.24, 2.45) is 0 Å².